The first-order valence-electron chi connectivity index (χ1n) is 10.4. The van der Waals surface area contributed by atoms with E-state index in [4.69, 9.17) is 9.72 Å². The standard InChI is InChI=1S/C24H28N2O3S2/c1-7-18(31-19-12-14(4)17-11-9-10-13(3)21(17)25-19)22(27)26-23-20(24(28)29-8-2)15(5)16(6)30-23/h9-12,18H,7-8H2,1-6H3,(H,26,27). The minimum absolute atomic E-state index is 0.136. The Balaban J connectivity index is 1.85. The van der Waals surface area contributed by atoms with E-state index in [1.807, 2.05) is 45.9 Å². The van der Waals surface area contributed by atoms with Gasteiger partial charge in [0.05, 0.1) is 28.0 Å². The number of aromatic nitrogens is 1. The highest BCUT2D eigenvalue weighted by atomic mass is 32.2. The van der Waals surface area contributed by atoms with Gasteiger partial charge in [0, 0.05) is 10.3 Å². The van der Waals surface area contributed by atoms with Crippen LogP contribution in [0.5, 0.6) is 0 Å². The summed E-state index contributed by atoms with van der Waals surface area (Å²) >= 11 is 2.86. The maximum absolute atomic E-state index is 13.1. The molecule has 0 fully saturated rings. The summed E-state index contributed by atoms with van der Waals surface area (Å²) in [5, 5.41) is 5.15. The Hall–Kier alpha value is -2.38. The van der Waals surface area contributed by atoms with Crippen molar-refractivity contribution in [3.8, 4) is 0 Å². The number of esters is 1. The number of aryl methyl sites for hydroxylation is 3. The minimum Gasteiger partial charge on any atom is -0.462 e. The van der Waals surface area contributed by atoms with E-state index < -0.39 is 5.97 Å². The van der Waals surface area contributed by atoms with Crippen molar-refractivity contribution in [3.63, 3.8) is 0 Å². The summed E-state index contributed by atoms with van der Waals surface area (Å²) < 4.78 is 5.19. The van der Waals surface area contributed by atoms with Crippen LogP contribution < -0.4 is 5.32 Å². The number of pyridine rings is 1. The molecule has 0 bridgehead atoms. The first-order valence-corrected chi connectivity index (χ1v) is 12.1. The summed E-state index contributed by atoms with van der Waals surface area (Å²) in [5.74, 6) is -0.536. The third-order valence-corrected chi connectivity index (χ3v) is 7.66. The molecular formula is C24H28N2O3S2. The van der Waals surface area contributed by atoms with E-state index in [9.17, 15) is 9.59 Å². The summed E-state index contributed by atoms with van der Waals surface area (Å²) in [4.78, 5) is 31.3. The van der Waals surface area contributed by atoms with Gasteiger partial charge in [-0.3, -0.25) is 4.79 Å². The fraction of sp³-hybridized carbons (Fsp3) is 0.375. The average Bonchev–Trinajstić information content (AvgIpc) is 3.00. The van der Waals surface area contributed by atoms with Crippen molar-refractivity contribution in [1.29, 1.82) is 0 Å². The lowest BCUT2D eigenvalue weighted by atomic mass is 10.1. The van der Waals surface area contributed by atoms with Crippen molar-refractivity contribution in [2.45, 2.75) is 58.2 Å². The van der Waals surface area contributed by atoms with Crippen LogP contribution >= 0.6 is 23.1 Å². The minimum atomic E-state index is -0.400. The van der Waals surface area contributed by atoms with Crippen molar-refractivity contribution >= 4 is 50.9 Å². The van der Waals surface area contributed by atoms with Gasteiger partial charge in [-0.05, 0) is 63.8 Å². The predicted octanol–water partition coefficient (Wildman–Crippen LogP) is 6.22. The topological polar surface area (TPSA) is 68.3 Å². The van der Waals surface area contributed by atoms with Gasteiger partial charge in [0.25, 0.3) is 0 Å². The fourth-order valence-corrected chi connectivity index (χ4v) is 5.48. The molecular weight excluding hydrogens is 428 g/mol. The molecule has 0 aliphatic rings. The Bertz CT molecular complexity index is 1140. The molecule has 0 saturated heterocycles. The van der Waals surface area contributed by atoms with Crippen LogP contribution in [0.1, 0.15) is 52.2 Å². The van der Waals surface area contributed by atoms with Gasteiger partial charge in [0.1, 0.15) is 5.00 Å². The van der Waals surface area contributed by atoms with Crippen LogP contribution in [-0.4, -0.2) is 28.7 Å². The Morgan fingerprint density at radius 2 is 1.90 bits per heavy atom. The molecule has 1 unspecified atom stereocenters. The van der Waals surface area contributed by atoms with Gasteiger partial charge in [-0.25, -0.2) is 9.78 Å². The van der Waals surface area contributed by atoms with Crippen LogP contribution in [0.25, 0.3) is 10.9 Å². The van der Waals surface area contributed by atoms with E-state index >= 15 is 0 Å². The van der Waals surface area contributed by atoms with Gasteiger partial charge < -0.3 is 10.1 Å². The van der Waals surface area contributed by atoms with E-state index in [1.165, 1.54) is 23.1 Å². The Morgan fingerprint density at radius 1 is 1.16 bits per heavy atom. The maximum atomic E-state index is 13.1. The van der Waals surface area contributed by atoms with Crippen LogP contribution in [0.4, 0.5) is 5.00 Å². The second-order valence-electron chi connectivity index (χ2n) is 7.46. The maximum Gasteiger partial charge on any atom is 0.341 e. The number of hydrogen-bond acceptors (Lipinski definition) is 6. The quantitative estimate of drug-likeness (QED) is 0.338. The average molecular weight is 457 g/mol. The molecule has 3 aromatic rings. The number of ether oxygens (including phenoxy) is 1. The zero-order valence-electron chi connectivity index (χ0n) is 18.8. The van der Waals surface area contributed by atoms with Gasteiger partial charge in [-0.15, -0.1) is 11.3 Å². The Morgan fingerprint density at radius 3 is 2.58 bits per heavy atom. The summed E-state index contributed by atoms with van der Waals surface area (Å²) in [6, 6.07) is 8.19. The smallest absolute Gasteiger partial charge is 0.341 e. The molecule has 1 atom stereocenters. The second kappa shape index (κ2) is 9.83. The Kier molecular flexibility index (Phi) is 7.38. The SMILES string of the molecule is CCOC(=O)c1c(NC(=O)C(CC)Sc2cc(C)c3cccc(C)c3n2)sc(C)c1C. The lowest BCUT2D eigenvalue weighted by Gasteiger charge is -2.16. The number of amides is 1. The Labute approximate surface area is 191 Å². The molecule has 5 nitrogen and oxygen atoms in total. The number of nitrogens with one attached hydrogen (secondary N) is 1. The largest absolute Gasteiger partial charge is 0.462 e. The van der Waals surface area contributed by atoms with Crippen molar-refractivity contribution in [1.82, 2.24) is 4.98 Å². The van der Waals surface area contributed by atoms with Crippen LogP contribution in [0.15, 0.2) is 29.3 Å². The van der Waals surface area contributed by atoms with Crippen molar-refractivity contribution in [3.05, 3.63) is 51.4 Å². The van der Waals surface area contributed by atoms with Gasteiger partial charge in [0.15, 0.2) is 0 Å². The molecule has 2 heterocycles. The molecule has 3 rings (SSSR count). The van der Waals surface area contributed by atoms with Crippen molar-refractivity contribution < 1.29 is 14.3 Å². The molecule has 7 heteroatoms. The zero-order valence-corrected chi connectivity index (χ0v) is 20.4. The van der Waals surface area contributed by atoms with Gasteiger partial charge in [0.2, 0.25) is 5.91 Å². The van der Waals surface area contributed by atoms with Crippen LogP contribution in [0, 0.1) is 27.7 Å². The predicted molar refractivity (Wildman–Crippen MR) is 130 cm³/mol. The molecule has 164 valence electrons. The number of hydrogen-bond donors (Lipinski definition) is 1. The molecule has 0 saturated carbocycles. The van der Waals surface area contributed by atoms with E-state index in [1.54, 1.807) is 6.92 Å². The van der Waals surface area contributed by atoms with Gasteiger partial charge in [-0.2, -0.15) is 0 Å². The third kappa shape index (κ3) is 4.93. The number of rotatable bonds is 7. The van der Waals surface area contributed by atoms with E-state index in [0.717, 1.165) is 37.5 Å². The molecule has 2 aromatic heterocycles. The number of carbonyl (C=O) groups is 2. The first kappa shape index (κ1) is 23.3. The summed E-state index contributed by atoms with van der Waals surface area (Å²) in [5.41, 5.74) is 4.52. The molecule has 1 aromatic carbocycles. The van der Waals surface area contributed by atoms with Crippen molar-refractivity contribution in [2.24, 2.45) is 0 Å². The fourth-order valence-electron chi connectivity index (χ4n) is 3.42. The van der Waals surface area contributed by atoms with Gasteiger partial charge >= 0.3 is 5.97 Å². The highest BCUT2D eigenvalue weighted by Crippen LogP contribution is 2.35. The monoisotopic (exact) mass is 456 g/mol. The lowest BCUT2D eigenvalue weighted by molar-refractivity contribution is -0.115. The molecule has 0 aliphatic heterocycles. The van der Waals surface area contributed by atoms with Crippen molar-refractivity contribution in [2.75, 3.05) is 11.9 Å². The van der Waals surface area contributed by atoms with Gasteiger partial charge in [-0.1, -0.05) is 36.9 Å². The summed E-state index contributed by atoms with van der Waals surface area (Å²) in [6.45, 7) is 12.0. The molecule has 0 aliphatic carbocycles. The zero-order chi connectivity index (χ0) is 22.7. The summed E-state index contributed by atoms with van der Waals surface area (Å²) in [7, 11) is 0. The number of thiophene rings is 1. The highest BCUT2D eigenvalue weighted by Gasteiger charge is 2.25. The lowest BCUT2D eigenvalue weighted by Crippen LogP contribution is -2.25. The number of thioether (sulfide) groups is 1. The number of para-hydroxylation sites is 1. The number of benzene rings is 1. The van der Waals surface area contributed by atoms with Crippen LogP contribution in [0.2, 0.25) is 0 Å². The molecule has 0 radical (unpaired) electrons. The number of anilines is 1. The normalized spacial score (nSPS) is 12.1. The molecule has 1 amide bonds. The third-order valence-electron chi connectivity index (χ3n) is 5.25. The number of nitrogens with zero attached hydrogens (tertiary/aromatic N) is 1. The van der Waals surface area contributed by atoms with E-state index in [0.29, 0.717) is 23.6 Å². The second-order valence-corrected chi connectivity index (χ2v) is 9.91. The number of carbonyl (C=O) groups excluding carboxylic acids is 2. The molecule has 31 heavy (non-hydrogen) atoms. The summed E-state index contributed by atoms with van der Waals surface area (Å²) in [6.07, 6.45) is 0.640. The van der Waals surface area contributed by atoms with Crippen LogP contribution in [0.3, 0.4) is 0 Å². The molecule has 0 spiro atoms. The highest BCUT2D eigenvalue weighted by molar-refractivity contribution is 8.00. The van der Waals surface area contributed by atoms with Crippen LogP contribution in [-0.2, 0) is 9.53 Å². The van der Waals surface area contributed by atoms with E-state index in [2.05, 4.69) is 18.3 Å². The first-order chi connectivity index (χ1) is 14.8. The van der Waals surface area contributed by atoms with E-state index in [-0.39, 0.29) is 11.2 Å². The number of fused-ring (bicyclic) bond motifs is 1. The molecule has 1 N–H and O–H groups in total.